The molecular formula is C10H18ClNO. The molecule has 1 aliphatic rings. The standard InChI is InChI=1S/C10H18ClNO/c1-8(6-11)7-12-10(3)4-5-13-9(10)2/h6,9,12H,4-5,7H2,1-3H3. The van der Waals surface area contributed by atoms with Crippen LogP contribution in [-0.4, -0.2) is 24.8 Å². The zero-order chi connectivity index (χ0) is 9.90. The molecule has 2 unspecified atom stereocenters. The van der Waals surface area contributed by atoms with Crippen LogP contribution in [0.25, 0.3) is 0 Å². The summed E-state index contributed by atoms with van der Waals surface area (Å²) in [6.45, 7) is 8.03. The van der Waals surface area contributed by atoms with Gasteiger partial charge in [-0.1, -0.05) is 11.6 Å². The van der Waals surface area contributed by atoms with Crippen LogP contribution in [0.15, 0.2) is 11.1 Å². The van der Waals surface area contributed by atoms with Gasteiger partial charge in [0, 0.05) is 24.2 Å². The third-order valence-corrected chi connectivity index (χ3v) is 3.22. The van der Waals surface area contributed by atoms with E-state index in [1.807, 2.05) is 6.92 Å². The third-order valence-electron chi connectivity index (χ3n) is 2.84. The van der Waals surface area contributed by atoms with E-state index < -0.39 is 0 Å². The molecule has 1 fully saturated rings. The van der Waals surface area contributed by atoms with E-state index in [1.54, 1.807) is 5.54 Å². The van der Waals surface area contributed by atoms with Crippen LogP contribution in [-0.2, 0) is 4.74 Å². The Morgan fingerprint density at radius 1 is 1.77 bits per heavy atom. The summed E-state index contributed by atoms with van der Waals surface area (Å²) >= 11 is 5.59. The van der Waals surface area contributed by atoms with Crippen molar-refractivity contribution < 1.29 is 4.74 Å². The highest BCUT2D eigenvalue weighted by molar-refractivity contribution is 6.25. The Kier molecular flexibility index (Phi) is 3.77. The highest BCUT2D eigenvalue weighted by Gasteiger charge is 2.36. The van der Waals surface area contributed by atoms with Crippen molar-refractivity contribution in [1.29, 1.82) is 0 Å². The van der Waals surface area contributed by atoms with Crippen LogP contribution in [0.4, 0.5) is 0 Å². The van der Waals surface area contributed by atoms with Gasteiger partial charge in [-0.25, -0.2) is 0 Å². The summed E-state index contributed by atoms with van der Waals surface area (Å²) in [5.74, 6) is 0. The normalized spacial score (nSPS) is 35.4. The average molecular weight is 204 g/mol. The Bertz CT molecular complexity index is 205. The first-order chi connectivity index (χ1) is 6.08. The van der Waals surface area contributed by atoms with E-state index in [0.717, 1.165) is 25.1 Å². The topological polar surface area (TPSA) is 21.3 Å². The first-order valence-corrected chi connectivity index (χ1v) is 5.14. The predicted molar refractivity (Wildman–Crippen MR) is 56.0 cm³/mol. The van der Waals surface area contributed by atoms with Gasteiger partial charge in [0.15, 0.2) is 0 Å². The molecule has 0 aromatic rings. The van der Waals surface area contributed by atoms with Crippen LogP contribution in [0.3, 0.4) is 0 Å². The van der Waals surface area contributed by atoms with Crippen LogP contribution in [0, 0.1) is 0 Å². The van der Waals surface area contributed by atoms with Gasteiger partial charge in [0.05, 0.1) is 6.10 Å². The van der Waals surface area contributed by atoms with Gasteiger partial charge in [0.25, 0.3) is 0 Å². The molecule has 0 aliphatic carbocycles. The lowest BCUT2D eigenvalue weighted by Gasteiger charge is -2.29. The molecule has 0 aromatic carbocycles. The van der Waals surface area contributed by atoms with E-state index >= 15 is 0 Å². The molecule has 76 valence electrons. The van der Waals surface area contributed by atoms with Crippen molar-refractivity contribution in [2.45, 2.75) is 38.8 Å². The summed E-state index contributed by atoms with van der Waals surface area (Å²) < 4.78 is 5.52. The Balaban J connectivity index is 2.43. The van der Waals surface area contributed by atoms with Crippen molar-refractivity contribution in [3.05, 3.63) is 11.1 Å². The lowest BCUT2D eigenvalue weighted by atomic mass is 9.94. The maximum Gasteiger partial charge on any atom is 0.0726 e. The summed E-state index contributed by atoms with van der Waals surface area (Å²) in [5.41, 5.74) is 2.89. The van der Waals surface area contributed by atoms with Crippen LogP contribution in [0.2, 0.25) is 0 Å². The molecule has 2 atom stereocenters. The zero-order valence-corrected chi connectivity index (χ0v) is 9.32. The minimum absolute atomic E-state index is 0.112. The van der Waals surface area contributed by atoms with Crippen molar-refractivity contribution in [1.82, 2.24) is 5.32 Å². The fourth-order valence-corrected chi connectivity index (χ4v) is 1.52. The quantitative estimate of drug-likeness (QED) is 0.760. The maximum absolute atomic E-state index is 5.59. The van der Waals surface area contributed by atoms with E-state index in [9.17, 15) is 0 Å². The predicted octanol–water partition coefficient (Wildman–Crippen LogP) is 2.29. The fourth-order valence-electron chi connectivity index (χ4n) is 1.45. The lowest BCUT2D eigenvalue weighted by molar-refractivity contribution is 0.0898. The summed E-state index contributed by atoms with van der Waals surface area (Å²) in [5, 5.41) is 3.48. The van der Waals surface area contributed by atoms with Crippen molar-refractivity contribution in [2.75, 3.05) is 13.2 Å². The van der Waals surface area contributed by atoms with Gasteiger partial charge in [-0.3, -0.25) is 0 Å². The molecule has 3 heteroatoms. The van der Waals surface area contributed by atoms with Crippen LogP contribution >= 0.6 is 11.6 Å². The molecule has 2 nitrogen and oxygen atoms in total. The fraction of sp³-hybridized carbons (Fsp3) is 0.800. The molecule has 0 aromatic heterocycles. The number of rotatable bonds is 3. The van der Waals surface area contributed by atoms with E-state index in [4.69, 9.17) is 16.3 Å². The average Bonchev–Trinajstić information content (AvgIpc) is 2.44. The Morgan fingerprint density at radius 3 is 2.92 bits per heavy atom. The molecule has 1 saturated heterocycles. The molecule has 1 N–H and O–H groups in total. The van der Waals surface area contributed by atoms with E-state index in [-0.39, 0.29) is 11.6 Å². The van der Waals surface area contributed by atoms with Crippen molar-refractivity contribution >= 4 is 11.6 Å². The van der Waals surface area contributed by atoms with Gasteiger partial charge in [0.2, 0.25) is 0 Å². The van der Waals surface area contributed by atoms with Gasteiger partial charge in [0.1, 0.15) is 0 Å². The smallest absolute Gasteiger partial charge is 0.0726 e. The Morgan fingerprint density at radius 2 is 2.46 bits per heavy atom. The van der Waals surface area contributed by atoms with Gasteiger partial charge in [-0.05, 0) is 32.8 Å². The van der Waals surface area contributed by atoms with Gasteiger partial charge < -0.3 is 10.1 Å². The molecule has 13 heavy (non-hydrogen) atoms. The zero-order valence-electron chi connectivity index (χ0n) is 8.56. The second-order valence-corrected chi connectivity index (χ2v) is 4.21. The third kappa shape index (κ3) is 2.70. The SMILES string of the molecule is CC(=CCl)CNC1(C)CCOC1C. The molecule has 1 heterocycles. The van der Waals surface area contributed by atoms with E-state index in [1.165, 1.54) is 0 Å². The monoisotopic (exact) mass is 203 g/mol. The molecule has 1 rings (SSSR count). The summed E-state index contributed by atoms with van der Waals surface area (Å²) in [4.78, 5) is 0. The van der Waals surface area contributed by atoms with Crippen molar-refractivity contribution in [3.8, 4) is 0 Å². The molecular weight excluding hydrogens is 186 g/mol. The van der Waals surface area contributed by atoms with E-state index in [0.29, 0.717) is 0 Å². The second-order valence-electron chi connectivity index (χ2n) is 3.99. The van der Waals surface area contributed by atoms with Crippen LogP contribution < -0.4 is 5.32 Å². The largest absolute Gasteiger partial charge is 0.377 e. The lowest BCUT2D eigenvalue weighted by Crippen LogP contribution is -2.48. The van der Waals surface area contributed by atoms with Crippen LogP contribution in [0.5, 0.6) is 0 Å². The number of halogens is 1. The van der Waals surface area contributed by atoms with Crippen molar-refractivity contribution in [3.63, 3.8) is 0 Å². The first-order valence-electron chi connectivity index (χ1n) is 4.71. The highest BCUT2D eigenvalue weighted by Crippen LogP contribution is 2.24. The first kappa shape index (κ1) is 11.0. The van der Waals surface area contributed by atoms with Gasteiger partial charge >= 0.3 is 0 Å². The summed E-state index contributed by atoms with van der Waals surface area (Å²) in [6, 6.07) is 0. The minimum atomic E-state index is 0.112. The highest BCUT2D eigenvalue weighted by atomic mass is 35.5. The van der Waals surface area contributed by atoms with Gasteiger partial charge in [-0.2, -0.15) is 0 Å². The maximum atomic E-state index is 5.59. The number of ether oxygens (including phenoxy) is 1. The Labute approximate surface area is 85.3 Å². The molecule has 0 bridgehead atoms. The molecule has 0 saturated carbocycles. The van der Waals surface area contributed by atoms with Gasteiger partial charge in [-0.15, -0.1) is 0 Å². The molecule has 1 aliphatic heterocycles. The van der Waals surface area contributed by atoms with Crippen LogP contribution in [0.1, 0.15) is 27.2 Å². The summed E-state index contributed by atoms with van der Waals surface area (Å²) in [6.07, 6.45) is 1.36. The minimum Gasteiger partial charge on any atom is -0.377 e. The number of hydrogen-bond acceptors (Lipinski definition) is 2. The molecule has 0 radical (unpaired) electrons. The second kappa shape index (κ2) is 4.45. The number of hydrogen-bond donors (Lipinski definition) is 1. The summed E-state index contributed by atoms with van der Waals surface area (Å²) in [7, 11) is 0. The Hall–Kier alpha value is -0.0500. The van der Waals surface area contributed by atoms with Crippen molar-refractivity contribution in [2.24, 2.45) is 0 Å². The number of nitrogens with one attached hydrogen (secondary N) is 1. The molecule has 0 spiro atoms. The molecule has 0 amide bonds. The van der Waals surface area contributed by atoms with E-state index in [2.05, 4.69) is 19.2 Å².